The normalized spacial score (nSPS) is 10.3. The third-order valence-corrected chi connectivity index (χ3v) is 3.54. The van der Waals surface area contributed by atoms with Crippen molar-refractivity contribution in [3.8, 4) is 5.75 Å². The lowest BCUT2D eigenvalue weighted by Gasteiger charge is -2.04. The average molecular weight is 260 g/mol. The molecule has 0 aliphatic carbocycles. The molecule has 2 rings (SSSR count). The Kier molecular flexibility index (Phi) is 4.53. The standard InChI is InChI=1S/C15H16O2S/c1-17-15-4-2-3-13(10-15)9-14(16)6-5-12-7-8-18-11-12/h2-4,7-8,10-11H,5-6,9H2,1H3. The van der Waals surface area contributed by atoms with Crippen molar-refractivity contribution >= 4 is 17.1 Å². The van der Waals surface area contributed by atoms with Crippen molar-refractivity contribution in [2.75, 3.05) is 7.11 Å². The number of benzene rings is 1. The number of rotatable bonds is 6. The van der Waals surface area contributed by atoms with Crippen molar-refractivity contribution in [3.05, 3.63) is 52.2 Å². The molecule has 0 fully saturated rings. The molecule has 0 aliphatic rings. The molecule has 0 amide bonds. The molecule has 1 heterocycles. The lowest BCUT2D eigenvalue weighted by molar-refractivity contribution is -0.118. The Hall–Kier alpha value is -1.61. The van der Waals surface area contributed by atoms with Crippen LogP contribution in [0.1, 0.15) is 17.5 Å². The molecule has 2 aromatic rings. The molecule has 0 atom stereocenters. The van der Waals surface area contributed by atoms with Crippen molar-refractivity contribution in [3.63, 3.8) is 0 Å². The van der Waals surface area contributed by atoms with Gasteiger partial charge in [0.05, 0.1) is 7.11 Å². The number of methoxy groups -OCH3 is 1. The maximum Gasteiger partial charge on any atom is 0.137 e. The van der Waals surface area contributed by atoms with Gasteiger partial charge in [0.2, 0.25) is 0 Å². The van der Waals surface area contributed by atoms with E-state index in [-0.39, 0.29) is 5.78 Å². The molecule has 3 heteroatoms. The summed E-state index contributed by atoms with van der Waals surface area (Å²) in [5, 5.41) is 4.14. The van der Waals surface area contributed by atoms with Gasteiger partial charge in [-0.2, -0.15) is 11.3 Å². The highest BCUT2D eigenvalue weighted by Crippen LogP contribution is 2.14. The summed E-state index contributed by atoms with van der Waals surface area (Å²) in [6.07, 6.45) is 1.93. The Labute approximate surface area is 111 Å². The van der Waals surface area contributed by atoms with Crippen LogP contribution >= 0.6 is 11.3 Å². The van der Waals surface area contributed by atoms with E-state index < -0.39 is 0 Å². The molecular weight excluding hydrogens is 244 g/mol. The molecule has 0 spiro atoms. The third kappa shape index (κ3) is 3.70. The third-order valence-electron chi connectivity index (χ3n) is 2.81. The van der Waals surface area contributed by atoms with E-state index >= 15 is 0 Å². The maximum atomic E-state index is 11.9. The maximum absolute atomic E-state index is 11.9. The van der Waals surface area contributed by atoms with E-state index in [9.17, 15) is 4.79 Å². The topological polar surface area (TPSA) is 26.3 Å². The van der Waals surface area contributed by atoms with Gasteiger partial charge in [0.25, 0.3) is 0 Å². The number of carbonyl (C=O) groups excluding carboxylic acids is 1. The van der Waals surface area contributed by atoms with Crippen LogP contribution < -0.4 is 4.74 Å². The van der Waals surface area contributed by atoms with Crippen LogP contribution in [0.2, 0.25) is 0 Å². The van der Waals surface area contributed by atoms with Crippen LogP contribution in [0.15, 0.2) is 41.1 Å². The van der Waals surface area contributed by atoms with Crippen molar-refractivity contribution in [2.45, 2.75) is 19.3 Å². The van der Waals surface area contributed by atoms with Crippen LogP contribution in [0.4, 0.5) is 0 Å². The summed E-state index contributed by atoms with van der Waals surface area (Å²) in [6, 6.07) is 9.76. The number of carbonyl (C=O) groups is 1. The van der Waals surface area contributed by atoms with E-state index in [0.717, 1.165) is 17.7 Å². The Bertz CT molecular complexity index is 503. The summed E-state index contributed by atoms with van der Waals surface area (Å²) in [7, 11) is 1.64. The first-order valence-electron chi connectivity index (χ1n) is 5.93. The Balaban J connectivity index is 1.86. The number of ether oxygens (including phenoxy) is 1. The van der Waals surface area contributed by atoms with Crippen molar-refractivity contribution in [1.29, 1.82) is 0 Å². The number of thiophene rings is 1. The second-order valence-corrected chi connectivity index (χ2v) is 4.98. The minimum absolute atomic E-state index is 0.273. The zero-order valence-electron chi connectivity index (χ0n) is 10.4. The molecule has 94 valence electrons. The minimum atomic E-state index is 0.273. The Morgan fingerprint density at radius 2 is 2.17 bits per heavy atom. The summed E-state index contributed by atoms with van der Waals surface area (Å²) in [4.78, 5) is 11.9. The van der Waals surface area contributed by atoms with Crippen LogP contribution in [0.3, 0.4) is 0 Å². The average Bonchev–Trinajstić information content (AvgIpc) is 2.90. The number of ketones is 1. The van der Waals surface area contributed by atoms with Gasteiger partial charge < -0.3 is 4.74 Å². The summed E-state index contributed by atoms with van der Waals surface area (Å²) >= 11 is 1.67. The quantitative estimate of drug-likeness (QED) is 0.794. The second kappa shape index (κ2) is 6.36. The van der Waals surface area contributed by atoms with Gasteiger partial charge in [-0.25, -0.2) is 0 Å². The van der Waals surface area contributed by atoms with E-state index in [0.29, 0.717) is 12.8 Å². The van der Waals surface area contributed by atoms with Gasteiger partial charge >= 0.3 is 0 Å². The second-order valence-electron chi connectivity index (χ2n) is 4.20. The molecule has 18 heavy (non-hydrogen) atoms. The van der Waals surface area contributed by atoms with E-state index in [2.05, 4.69) is 11.4 Å². The molecule has 0 bridgehead atoms. The molecule has 0 radical (unpaired) electrons. The van der Waals surface area contributed by atoms with Crippen molar-refractivity contribution in [1.82, 2.24) is 0 Å². The highest BCUT2D eigenvalue weighted by atomic mass is 32.1. The molecule has 1 aromatic carbocycles. The van der Waals surface area contributed by atoms with Crippen LogP contribution in [0.25, 0.3) is 0 Å². The van der Waals surface area contributed by atoms with Crippen molar-refractivity contribution in [2.24, 2.45) is 0 Å². The summed E-state index contributed by atoms with van der Waals surface area (Å²) < 4.78 is 5.15. The highest BCUT2D eigenvalue weighted by molar-refractivity contribution is 7.07. The zero-order chi connectivity index (χ0) is 12.8. The molecule has 0 aliphatic heterocycles. The predicted molar refractivity (Wildman–Crippen MR) is 74.3 cm³/mol. The van der Waals surface area contributed by atoms with Gasteiger partial charge in [0, 0.05) is 12.8 Å². The van der Waals surface area contributed by atoms with Crippen LogP contribution in [-0.4, -0.2) is 12.9 Å². The first-order chi connectivity index (χ1) is 8.78. The van der Waals surface area contributed by atoms with Gasteiger partial charge in [-0.05, 0) is 46.5 Å². The highest BCUT2D eigenvalue weighted by Gasteiger charge is 2.05. The van der Waals surface area contributed by atoms with Crippen molar-refractivity contribution < 1.29 is 9.53 Å². The number of aryl methyl sites for hydroxylation is 1. The molecule has 0 saturated carbocycles. The van der Waals surface area contributed by atoms with Gasteiger partial charge in [-0.1, -0.05) is 12.1 Å². The summed E-state index contributed by atoms with van der Waals surface area (Å²) in [5.41, 5.74) is 2.27. The lowest BCUT2D eigenvalue weighted by Crippen LogP contribution is -2.04. The SMILES string of the molecule is COc1cccc(CC(=O)CCc2ccsc2)c1. The fourth-order valence-corrected chi connectivity index (χ4v) is 2.52. The van der Waals surface area contributed by atoms with Gasteiger partial charge in [0.15, 0.2) is 0 Å². The Morgan fingerprint density at radius 3 is 2.89 bits per heavy atom. The smallest absolute Gasteiger partial charge is 0.137 e. The number of hydrogen-bond donors (Lipinski definition) is 0. The molecule has 0 unspecified atom stereocenters. The predicted octanol–water partition coefficient (Wildman–Crippen LogP) is 3.50. The molecule has 2 nitrogen and oxygen atoms in total. The zero-order valence-corrected chi connectivity index (χ0v) is 11.2. The largest absolute Gasteiger partial charge is 0.497 e. The molecule has 0 saturated heterocycles. The first kappa shape index (κ1) is 12.8. The minimum Gasteiger partial charge on any atom is -0.497 e. The van der Waals surface area contributed by atoms with Gasteiger partial charge in [-0.3, -0.25) is 4.79 Å². The van der Waals surface area contributed by atoms with Crippen LogP contribution in [0, 0.1) is 0 Å². The van der Waals surface area contributed by atoms with E-state index in [1.54, 1.807) is 18.4 Å². The Morgan fingerprint density at radius 1 is 1.28 bits per heavy atom. The molecular formula is C15H16O2S. The van der Waals surface area contributed by atoms with Crippen LogP contribution in [-0.2, 0) is 17.6 Å². The van der Waals surface area contributed by atoms with Gasteiger partial charge in [0.1, 0.15) is 11.5 Å². The summed E-state index contributed by atoms with van der Waals surface area (Å²) in [5.74, 6) is 1.08. The molecule has 0 N–H and O–H groups in total. The fourth-order valence-electron chi connectivity index (χ4n) is 1.82. The first-order valence-corrected chi connectivity index (χ1v) is 6.88. The monoisotopic (exact) mass is 260 g/mol. The summed E-state index contributed by atoms with van der Waals surface area (Å²) in [6.45, 7) is 0. The van der Waals surface area contributed by atoms with E-state index in [4.69, 9.17) is 4.74 Å². The van der Waals surface area contributed by atoms with E-state index in [1.807, 2.05) is 29.6 Å². The lowest BCUT2D eigenvalue weighted by atomic mass is 10.0. The van der Waals surface area contributed by atoms with Crippen LogP contribution in [0.5, 0.6) is 5.75 Å². The molecule has 1 aromatic heterocycles. The number of hydrogen-bond acceptors (Lipinski definition) is 3. The number of Topliss-reactive ketones (excluding diaryl/α,β-unsaturated/α-hetero) is 1. The fraction of sp³-hybridized carbons (Fsp3) is 0.267. The van der Waals surface area contributed by atoms with Gasteiger partial charge in [-0.15, -0.1) is 0 Å². The van der Waals surface area contributed by atoms with E-state index in [1.165, 1.54) is 5.56 Å².